The van der Waals surface area contributed by atoms with Crippen LogP contribution in [0.5, 0.6) is 0 Å². The fourth-order valence-corrected chi connectivity index (χ4v) is 2.50. The molecule has 1 heterocycles. The number of nitrogens with one attached hydrogen (secondary N) is 1. The largest absolute Gasteiger partial charge is 0.349 e. The summed E-state index contributed by atoms with van der Waals surface area (Å²) in [4.78, 5) is 16.2. The Hall–Kier alpha value is -2.88. The highest BCUT2D eigenvalue weighted by Gasteiger charge is 2.10. The summed E-state index contributed by atoms with van der Waals surface area (Å²) in [7, 11) is 0. The van der Waals surface area contributed by atoms with E-state index in [0.717, 1.165) is 16.8 Å². The second kappa shape index (κ2) is 6.92. The van der Waals surface area contributed by atoms with Crippen LogP contribution >= 0.6 is 0 Å². The van der Waals surface area contributed by atoms with Gasteiger partial charge in [-0.1, -0.05) is 42.5 Å². The third-order valence-electron chi connectivity index (χ3n) is 3.78. The number of rotatable bonds is 5. The quantitative estimate of drug-likeness (QED) is 0.786. The van der Waals surface area contributed by atoms with Crippen LogP contribution in [0.15, 0.2) is 73.3 Å². The summed E-state index contributed by atoms with van der Waals surface area (Å²) >= 11 is 0. The van der Waals surface area contributed by atoms with Gasteiger partial charge in [0.25, 0.3) is 0 Å². The van der Waals surface area contributed by atoms with E-state index in [4.69, 9.17) is 0 Å². The molecular formula is C19H19N3O. The topological polar surface area (TPSA) is 46.9 Å². The minimum atomic E-state index is -0.0250. The molecule has 1 N–H and O–H groups in total. The van der Waals surface area contributed by atoms with Gasteiger partial charge in [0.1, 0.15) is 0 Å². The van der Waals surface area contributed by atoms with Gasteiger partial charge in [0.15, 0.2) is 0 Å². The van der Waals surface area contributed by atoms with E-state index in [1.54, 1.807) is 12.5 Å². The highest BCUT2D eigenvalue weighted by molar-refractivity contribution is 5.79. The Balaban J connectivity index is 1.61. The van der Waals surface area contributed by atoms with Crippen molar-refractivity contribution in [1.82, 2.24) is 14.9 Å². The molecular weight excluding hydrogens is 286 g/mol. The minimum Gasteiger partial charge on any atom is -0.349 e. The molecule has 3 aromatic rings. The summed E-state index contributed by atoms with van der Waals surface area (Å²) in [5.41, 5.74) is 3.15. The molecule has 1 amide bonds. The fraction of sp³-hybridized carbons (Fsp3) is 0.158. The number of carbonyl (C=O) groups excluding carboxylic acids is 1. The van der Waals surface area contributed by atoms with Gasteiger partial charge in [0.05, 0.1) is 18.8 Å². The lowest BCUT2D eigenvalue weighted by atomic mass is 10.1. The molecule has 0 bridgehead atoms. The molecule has 0 saturated carbocycles. The maximum absolute atomic E-state index is 12.1. The standard InChI is InChI=1S/C19H19N3O/c1-15(21-19(23)13-16-5-3-2-4-6-16)17-7-9-18(10-8-17)22-12-11-20-14-22/h2-12,14-15H,13H2,1H3,(H,21,23)/t15-/m1/s1. The molecule has 0 aliphatic rings. The molecule has 23 heavy (non-hydrogen) atoms. The van der Waals surface area contributed by atoms with E-state index >= 15 is 0 Å². The first kappa shape index (κ1) is 15.0. The summed E-state index contributed by atoms with van der Waals surface area (Å²) in [6.07, 6.45) is 5.82. The number of amides is 1. The van der Waals surface area contributed by atoms with Crippen LogP contribution in [0.2, 0.25) is 0 Å². The first-order valence-corrected chi connectivity index (χ1v) is 7.64. The van der Waals surface area contributed by atoms with Crippen LogP contribution in [-0.4, -0.2) is 15.5 Å². The molecule has 0 aliphatic carbocycles. The molecule has 0 spiro atoms. The van der Waals surface area contributed by atoms with Crippen molar-refractivity contribution in [1.29, 1.82) is 0 Å². The molecule has 0 radical (unpaired) electrons. The van der Waals surface area contributed by atoms with E-state index < -0.39 is 0 Å². The summed E-state index contributed by atoms with van der Waals surface area (Å²) < 4.78 is 1.95. The number of benzene rings is 2. The first-order valence-electron chi connectivity index (χ1n) is 7.64. The third kappa shape index (κ3) is 3.86. The predicted molar refractivity (Wildman–Crippen MR) is 90.3 cm³/mol. The van der Waals surface area contributed by atoms with E-state index in [1.807, 2.05) is 72.3 Å². The van der Waals surface area contributed by atoms with Crippen molar-refractivity contribution in [3.8, 4) is 5.69 Å². The maximum Gasteiger partial charge on any atom is 0.224 e. The average Bonchev–Trinajstić information content (AvgIpc) is 3.10. The van der Waals surface area contributed by atoms with E-state index in [0.29, 0.717) is 6.42 Å². The Kier molecular flexibility index (Phi) is 4.52. The van der Waals surface area contributed by atoms with Crippen molar-refractivity contribution < 1.29 is 4.79 Å². The molecule has 0 saturated heterocycles. The molecule has 4 nitrogen and oxygen atoms in total. The Labute approximate surface area is 135 Å². The second-order valence-electron chi connectivity index (χ2n) is 5.51. The van der Waals surface area contributed by atoms with Gasteiger partial charge in [0.2, 0.25) is 5.91 Å². The molecule has 116 valence electrons. The highest BCUT2D eigenvalue weighted by Crippen LogP contribution is 2.16. The van der Waals surface area contributed by atoms with E-state index in [2.05, 4.69) is 10.3 Å². The monoisotopic (exact) mass is 305 g/mol. The molecule has 1 aromatic heterocycles. The Morgan fingerprint density at radius 1 is 1.13 bits per heavy atom. The summed E-state index contributed by atoms with van der Waals surface area (Å²) in [5, 5.41) is 3.04. The fourth-order valence-electron chi connectivity index (χ4n) is 2.50. The van der Waals surface area contributed by atoms with E-state index in [1.165, 1.54) is 0 Å². The van der Waals surface area contributed by atoms with Crippen LogP contribution in [0.3, 0.4) is 0 Å². The third-order valence-corrected chi connectivity index (χ3v) is 3.78. The number of imidazole rings is 1. The van der Waals surface area contributed by atoms with Crippen LogP contribution in [0.4, 0.5) is 0 Å². The van der Waals surface area contributed by atoms with Gasteiger partial charge in [-0.05, 0) is 30.2 Å². The van der Waals surface area contributed by atoms with Gasteiger partial charge in [-0.25, -0.2) is 4.98 Å². The zero-order chi connectivity index (χ0) is 16.1. The van der Waals surface area contributed by atoms with Gasteiger partial charge in [-0.2, -0.15) is 0 Å². The lowest BCUT2D eigenvalue weighted by Gasteiger charge is -2.15. The van der Waals surface area contributed by atoms with E-state index in [-0.39, 0.29) is 11.9 Å². The number of hydrogen-bond acceptors (Lipinski definition) is 2. The van der Waals surface area contributed by atoms with Crippen LogP contribution < -0.4 is 5.32 Å². The van der Waals surface area contributed by atoms with Crippen LogP contribution in [-0.2, 0) is 11.2 Å². The number of aromatic nitrogens is 2. The van der Waals surface area contributed by atoms with Crippen molar-refractivity contribution in [2.75, 3.05) is 0 Å². The van der Waals surface area contributed by atoms with Crippen molar-refractivity contribution in [2.45, 2.75) is 19.4 Å². The zero-order valence-electron chi connectivity index (χ0n) is 13.0. The summed E-state index contributed by atoms with van der Waals surface area (Å²) in [5.74, 6) is 0.0300. The average molecular weight is 305 g/mol. The molecule has 2 aromatic carbocycles. The van der Waals surface area contributed by atoms with Crippen LogP contribution in [0.1, 0.15) is 24.1 Å². The van der Waals surface area contributed by atoms with Crippen LogP contribution in [0, 0.1) is 0 Å². The Bertz CT molecular complexity index is 749. The highest BCUT2D eigenvalue weighted by atomic mass is 16.1. The zero-order valence-corrected chi connectivity index (χ0v) is 13.0. The van der Waals surface area contributed by atoms with Gasteiger partial charge in [-0.3, -0.25) is 4.79 Å². The van der Waals surface area contributed by atoms with Gasteiger partial charge in [-0.15, -0.1) is 0 Å². The molecule has 0 unspecified atom stereocenters. The molecule has 3 rings (SSSR count). The summed E-state index contributed by atoms with van der Waals surface area (Å²) in [6, 6.07) is 17.9. The minimum absolute atomic E-state index is 0.0250. The Morgan fingerprint density at radius 2 is 1.87 bits per heavy atom. The van der Waals surface area contributed by atoms with Crippen LogP contribution in [0.25, 0.3) is 5.69 Å². The summed E-state index contributed by atoms with van der Waals surface area (Å²) in [6.45, 7) is 2.00. The predicted octanol–water partition coefficient (Wildman–Crippen LogP) is 3.29. The second-order valence-corrected chi connectivity index (χ2v) is 5.51. The van der Waals surface area contributed by atoms with Gasteiger partial charge < -0.3 is 9.88 Å². The molecule has 0 aliphatic heterocycles. The maximum atomic E-state index is 12.1. The SMILES string of the molecule is C[C@@H](NC(=O)Cc1ccccc1)c1ccc(-n2ccnc2)cc1. The van der Waals surface area contributed by atoms with E-state index in [9.17, 15) is 4.79 Å². The first-order chi connectivity index (χ1) is 11.2. The normalized spacial score (nSPS) is 11.9. The van der Waals surface area contributed by atoms with Crippen molar-refractivity contribution in [3.63, 3.8) is 0 Å². The molecule has 0 fully saturated rings. The lowest BCUT2D eigenvalue weighted by molar-refractivity contribution is -0.121. The smallest absolute Gasteiger partial charge is 0.224 e. The number of nitrogens with zero attached hydrogens (tertiary/aromatic N) is 2. The molecule has 4 heteroatoms. The van der Waals surface area contributed by atoms with Crippen molar-refractivity contribution >= 4 is 5.91 Å². The number of carbonyl (C=O) groups is 1. The Morgan fingerprint density at radius 3 is 2.52 bits per heavy atom. The van der Waals surface area contributed by atoms with Crippen molar-refractivity contribution in [2.24, 2.45) is 0 Å². The number of hydrogen-bond donors (Lipinski definition) is 1. The van der Waals surface area contributed by atoms with Gasteiger partial charge >= 0.3 is 0 Å². The molecule has 1 atom stereocenters. The van der Waals surface area contributed by atoms with Crippen molar-refractivity contribution in [3.05, 3.63) is 84.4 Å². The van der Waals surface area contributed by atoms with Gasteiger partial charge in [0, 0.05) is 18.1 Å². The lowest BCUT2D eigenvalue weighted by Crippen LogP contribution is -2.28.